The van der Waals surface area contributed by atoms with E-state index in [4.69, 9.17) is 19.4 Å². The van der Waals surface area contributed by atoms with Crippen molar-refractivity contribution in [3.8, 4) is 17.5 Å². The highest BCUT2D eigenvalue weighted by Gasteiger charge is 2.33. The third kappa shape index (κ3) is 4.97. The Labute approximate surface area is 232 Å². The van der Waals surface area contributed by atoms with E-state index in [-0.39, 0.29) is 18.5 Å². The first-order valence-corrected chi connectivity index (χ1v) is 13.3. The van der Waals surface area contributed by atoms with Crippen molar-refractivity contribution in [2.75, 3.05) is 31.3 Å². The summed E-state index contributed by atoms with van der Waals surface area (Å²) in [7, 11) is 0. The Hall–Kier alpha value is -4.46. The van der Waals surface area contributed by atoms with Crippen molar-refractivity contribution in [1.82, 2.24) is 25.3 Å². The average Bonchev–Trinajstić information content (AvgIpc) is 3.00. The zero-order valence-corrected chi connectivity index (χ0v) is 22.4. The summed E-state index contributed by atoms with van der Waals surface area (Å²) >= 11 is 0. The van der Waals surface area contributed by atoms with Gasteiger partial charge in [0.15, 0.2) is 0 Å². The van der Waals surface area contributed by atoms with Gasteiger partial charge in [0.05, 0.1) is 67.7 Å². The molecule has 0 spiro atoms. The Kier molecular flexibility index (Phi) is 6.84. The molecule has 2 atom stereocenters. The number of aromatic nitrogens is 4. The van der Waals surface area contributed by atoms with Crippen molar-refractivity contribution in [3.63, 3.8) is 0 Å². The van der Waals surface area contributed by atoms with Crippen molar-refractivity contribution in [2.45, 2.75) is 38.5 Å². The minimum absolute atomic E-state index is 0.198. The highest BCUT2D eigenvalue weighted by molar-refractivity contribution is 5.94. The number of hydrogen-bond donors (Lipinski definition) is 1. The standard InChI is InChI=1S/C30H29N7O3/c1-19-15-39-10-9-37(19)29-32-8-7-26(36-29)25-6-5-21-13-33-23(12-27(21)35-25)14-34-28(38)20-3-4-22-16-40-18-30(2,17-31)24(22)11-20/h3-8,11-13,19H,9-10,14-16,18H2,1-2H3,(H,34,38)/t19-,30+/m0/s1. The lowest BCUT2D eigenvalue weighted by Crippen LogP contribution is -2.44. The molecule has 1 fully saturated rings. The molecular weight excluding hydrogens is 506 g/mol. The van der Waals surface area contributed by atoms with Crippen LogP contribution in [0.2, 0.25) is 0 Å². The number of pyridine rings is 2. The third-order valence-corrected chi connectivity index (χ3v) is 7.45. The summed E-state index contributed by atoms with van der Waals surface area (Å²) in [5.74, 6) is 0.433. The van der Waals surface area contributed by atoms with Crippen LogP contribution in [0.5, 0.6) is 0 Å². The molecule has 2 aliphatic heterocycles. The molecule has 40 heavy (non-hydrogen) atoms. The number of morpholine rings is 1. The van der Waals surface area contributed by atoms with E-state index >= 15 is 0 Å². The Morgan fingerprint density at radius 1 is 1.15 bits per heavy atom. The van der Waals surface area contributed by atoms with Crippen LogP contribution in [-0.2, 0) is 28.0 Å². The van der Waals surface area contributed by atoms with E-state index in [1.54, 1.807) is 24.5 Å². The van der Waals surface area contributed by atoms with Crippen molar-refractivity contribution >= 4 is 22.8 Å². The number of nitrogens with zero attached hydrogens (tertiary/aromatic N) is 6. The molecule has 1 amide bonds. The van der Waals surface area contributed by atoms with Crippen LogP contribution in [0.1, 0.15) is 41.0 Å². The minimum atomic E-state index is -0.780. The molecule has 2 aliphatic rings. The van der Waals surface area contributed by atoms with Gasteiger partial charge in [-0.05, 0) is 61.4 Å². The van der Waals surface area contributed by atoms with Gasteiger partial charge in [-0.1, -0.05) is 6.07 Å². The maximum Gasteiger partial charge on any atom is 0.251 e. The molecule has 202 valence electrons. The number of anilines is 1. The number of carbonyl (C=O) groups excluding carboxylic acids is 1. The normalized spacial score (nSPS) is 20.5. The van der Waals surface area contributed by atoms with Crippen LogP contribution in [0.25, 0.3) is 22.3 Å². The van der Waals surface area contributed by atoms with Crippen LogP contribution < -0.4 is 10.2 Å². The number of nitrogens with one attached hydrogen (secondary N) is 1. The van der Waals surface area contributed by atoms with Crippen molar-refractivity contribution in [3.05, 3.63) is 77.2 Å². The van der Waals surface area contributed by atoms with E-state index < -0.39 is 5.41 Å². The molecule has 0 unspecified atom stereocenters. The zero-order valence-electron chi connectivity index (χ0n) is 22.4. The molecule has 4 aromatic rings. The van der Waals surface area contributed by atoms with Crippen molar-refractivity contribution in [2.24, 2.45) is 0 Å². The van der Waals surface area contributed by atoms with Gasteiger partial charge in [-0.2, -0.15) is 5.26 Å². The van der Waals surface area contributed by atoms with Crippen LogP contribution in [0, 0.1) is 11.3 Å². The van der Waals surface area contributed by atoms with E-state index in [9.17, 15) is 10.1 Å². The molecule has 10 heteroatoms. The van der Waals surface area contributed by atoms with Crippen LogP contribution >= 0.6 is 0 Å². The largest absolute Gasteiger partial charge is 0.377 e. The molecule has 1 aromatic carbocycles. The van der Waals surface area contributed by atoms with E-state index in [1.807, 2.05) is 37.3 Å². The first-order chi connectivity index (χ1) is 19.4. The number of rotatable bonds is 5. The Morgan fingerprint density at radius 2 is 2.02 bits per heavy atom. The SMILES string of the molecule is C[C@H]1COCCN1c1nccc(-c2ccc3cnc(CNC(=O)c4ccc5c(c4)[C@](C)(C#N)COC5)cc3n2)n1. The molecule has 10 nitrogen and oxygen atoms in total. The Bertz CT molecular complexity index is 1640. The first-order valence-electron chi connectivity index (χ1n) is 13.3. The first kappa shape index (κ1) is 25.8. The minimum Gasteiger partial charge on any atom is -0.377 e. The van der Waals surface area contributed by atoms with Gasteiger partial charge in [-0.3, -0.25) is 9.78 Å². The number of fused-ring (bicyclic) bond motifs is 2. The fourth-order valence-electron chi connectivity index (χ4n) is 5.12. The lowest BCUT2D eigenvalue weighted by atomic mass is 9.79. The van der Waals surface area contributed by atoms with Crippen molar-refractivity contribution in [1.29, 1.82) is 5.26 Å². The maximum atomic E-state index is 13.0. The molecule has 6 rings (SSSR count). The molecule has 0 aliphatic carbocycles. The van der Waals surface area contributed by atoms with Gasteiger partial charge in [0.2, 0.25) is 5.95 Å². The molecule has 1 N–H and O–H groups in total. The smallest absolute Gasteiger partial charge is 0.251 e. The van der Waals surface area contributed by atoms with Gasteiger partial charge < -0.3 is 19.7 Å². The summed E-state index contributed by atoms with van der Waals surface area (Å²) in [4.78, 5) is 33.8. The number of benzene rings is 1. The Balaban J connectivity index is 1.20. The predicted molar refractivity (Wildman–Crippen MR) is 148 cm³/mol. The number of ether oxygens (including phenoxy) is 2. The van der Waals surface area contributed by atoms with E-state index in [1.165, 1.54) is 0 Å². The second-order valence-corrected chi connectivity index (χ2v) is 10.4. The van der Waals surface area contributed by atoms with Gasteiger partial charge in [0.25, 0.3) is 5.91 Å². The van der Waals surface area contributed by atoms with Crippen LogP contribution in [0.15, 0.2) is 54.9 Å². The molecule has 5 heterocycles. The van der Waals surface area contributed by atoms with Gasteiger partial charge >= 0.3 is 0 Å². The lowest BCUT2D eigenvalue weighted by Gasteiger charge is -2.33. The second-order valence-electron chi connectivity index (χ2n) is 10.4. The van der Waals surface area contributed by atoms with Crippen LogP contribution in [-0.4, -0.2) is 58.3 Å². The molecule has 0 radical (unpaired) electrons. The highest BCUT2D eigenvalue weighted by Crippen LogP contribution is 2.32. The van der Waals surface area contributed by atoms with E-state index in [2.05, 4.69) is 33.2 Å². The summed E-state index contributed by atoms with van der Waals surface area (Å²) in [6.45, 7) is 6.96. The fourth-order valence-corrected chi connectivity index (χ4v) is 5.12. The molecular formula is C30H29N7O3. The van der Waals surface area contributed by atoms with Gasteiger partial charge in [-0.25, -0.2) is 15.0 Å². The van der Waals surface area contributed by atoms with Crippen molar-refractivity contribution < 1.29 is 14.3 Å². The van der Waals surface area contributed by atoms with Gasteiger partial charge in [0.1, 0.15) is 5.41 Å². The lowest BCUT2D eigenvalue weighted by molar-refractivity contribution is 0.0757. The van der Waals surface area contributed by atoms with Crippen LogP contribution in [0.3, 0.4) is 0 Å². The zero-order chi connectivity index (χ0) is 27.7. The second kappa shape index (κ2) is 10.6. The monoisotopic (exact) mass is 535 g/mol. The third-order valence-electron chi connectivity index (χ3n) is 7.45. The van der Waals surface area contributed by atoms with Gasteiger partial charge in [-0.15, -0.1) is 0 Å². The van der Waals surface area contributed by atoms with E-state index in [0.717, 1.165) is 40.0 Å². The maximum absolute atomic E-state index is 13.0. The average molecular weight is 536 g/mol. The fraction of sp³-hybridized carbons (Fsp3) is 0.333. The Morgan fingerprint density at radius 3 is 2.88 bits per heavy atom. The summed E-state index contributed by atoms with van der Waals surface area (Å²) in [5.41, 5.74) is 4.40. The summed E-state index contributed by atoms with van der Waals surface area (Å²) in [6, 6.07) is 15.6. The summed E-state index contributed by atoms with van der Waals surface area (Å²) in [6.07, 6.45) is 3.51. The highest BCUT2D eigenvalue weighted by atomic mass is 16.5. The number of amides is 1. The number of hydrogen-bond acceptors (Lipinski definition) is 9. The summed E-state index contributed by atoms with van der Waals surface area (Å²) < 4.78 is 11.1. The van der Waals surface area contributed by atoms with E-state index in [0.29, 0.717) is 43.6 Å². The predicted octanol–water partition coefficient (Wildman–Crippen LogP) is 3.55. The van der Waals surface area contributed by atoms with Gasteiger partial charge in [0, 0.05) is 29.9 Å². The molecule has 1 saturated heterocycles. The molecule has 3 aromatic heterocycles. The summed E-state index contributed by atoms with van der Waals surface area (Å²) in [5, 5.41) is 13.5. The number of nitriles is 1. The molecule has 0 bridgehead atoms. The quantitative estimate of drug-likeness (QED) is 0.408. The van der Waals surface area contributed by atoms with Crippen LogP contribution in [0.4, 0.5) is 5.95 Å². The number of carbonyl (C=O) groups is 1. The topological polar surface area (TPSA) is 126 Å². The molecule has 0 saturated carbocycles.